The number of methoxy groups -OCH3 is 1. The minimum atomic E-state index is -1.36. The Morgan fingerprint density at radius 1 is 1.21 bits per heavy atom. The van der Waals surface area contributed by atoms with Gasteiger partial charge in [0.05, 0.1) is 7.11 Å². The lowest BCUT2D eigenvalue weighted by Crippen LogP contribution is -2.17. The first-order valence-corrected chi connectivity index (χ1v) is 9.18. The number of hydrogen-bond donors (Lipinski definition) is 0. The van der Waals surface area contributed by atoms with Crippen molar-refractivity contribution in [2.75, 3.05) is 7.11 Å². The Morgan fingerprint density at radius 3 is 2.42 bits per heavy atom. The van der Waals surface area contributed by atoms with Crippen LogP contribution in [0.15, 0.2) is 23.1 Å². The molecule has 1 fully saturated rings. The summed E-state index contributed by atoms with van der Waals surface area (Å²) in [7, 11) is 0.339. The summed E-state index contributed by atoms with van der Waals surface area (Å²) in [4.78, 5) is 1.11. The lowest BCUT2D eigenvalue weighted by Gasteiger charge is -2.33. The van der Waals surface area contributed by atoms with Gasteiger partial charge >= 0.3 is 0 Å². The molecular weight excluding hydrogens is 276 g/mol. The third-order valence-corrected chi connectivity index (χ3v) is 7.34. The number of ether oxygens (including phenoxy) is 1. The third kappa shape index (κ3) is 3.11. The van der Waals surface area contributed by atoms with Crippen molar-refractivity contribution >= 4 is 32.5 Å². The van der Waals surface area contributed by atoms with E-state index >= 15 is 0 Å². The van der Waals surface area contributed by atoms with Gasteiger partial charge < -0.3 is 4.74 Å². The van der Waals surface area contributed by atoms with E-state index in [0.717, 1.165) is 21.6 Å². The lowest BCUT2D eigenvalue weighted by molar-refractivity contribution is 0.390. The van der Waals surface area contributed by atoms with Gasteiger partial charge in [-0.05, 0) is 55.1 Å². The van der Waals surface area contributed by atoms with E-state index in [0.29, 0.717) is 5.25 Å². The Balaban J connectivity index is 2.36. The number of rotatable bonds is 3. The van der Waals surface area contributed by atoms with E-state index in [-0.39, 0.29) is 0 Å². The minimum absolute atomic E-state index is 0.580. The summed E-state index contributed by atoms with van der Waals surface area (Å²) in [6, 6.07) is 5.79. The molecule has 19 heavy (non-hydrogen) atoms. The van der Waals surface area contributed by atoms with Gasteiger partial charge in [-0.3, -0.25) is 0 Å². The molecule has 1 saturated carbocycles. The van der Waals surface area contributed by atoms with Gasteiger partial charge in [-0.2, -0.15) is 9.21 Å². The summed E-state index contributed by atoms with van der Waals surface area (Å²) >= 11 is 6.14. The maximum absolute atomic E-state index is 6.14. The highest BCUT2D eigenvalue weighted by Gasteiger charge is 2.24. The predicted octanol–water partition coefficient (Wildman–Crippen LogP) is 4.95. The molecular formula is C16H23ClOS. The maximum Gasteiger partial charge on any atom is 0.131 e. The standard InChI is InChI=1S/C16H23ClOS/c1-12-5-8-14(9-6-12)19(3,4)16-11-13(17)7-10-15(16)18-2/h7,10-12,14H,3-6,8-9H2,1-2H3. The van der Waals surface area contributed by atoms with Gasteiger partial charge in [0, 0.05) is 9.92 Å². The van der Waals surface area contributed by atoms with Crippen LogP contribution in [0.1, 0.15) is 32.6 Å². The smallest absolute Gasteiger partial charge is 0.131 e. The summed E-state index contributed by atoms with van der Waals surface area (Å²) in [6.45, 7) is 2.33. The van der Waals surface area contributed by atoms with Crippen LogP contribution in [0.5, 0.6) is 5.75 Å². The Labute approximate surface area is 122 Å². The monoisotopic (exact) mass is 298 g/mol. The normalized spacial score (nSPS) is 24.2. The Morgan fingerprint density at radius 2 is 1.84 bits per heavy atom. The van der Waals surface area contributed by atoms with E-state index in [1.165, 1.54) is 25.7 Å². The van der Waals surface area contributed by atoms with Crippen molar-refractivity contribution in [1.29, 1.82) is 0 Å². The van der Waals surface area contributed by atoms with E-state index in [2.05, 4.69) is 18.7 Å². The fourth-order valence-electron chi connectivity index (χ4n) is 2.83. The van der Waals surface area contributed by atoms with Crippen LogP contribution in [-0.2, 0) is 0 Å². The second-order valence-corrected chi connectivity index (χ2v) is 9.05. The molecule has 1 aliphatic rings. The van der Waals surface area contributed by atoms with E-state index in [1.807, 2.05) is 18.2 Å². The van der Waals surface area contributed by atoms with Crippen molar-refractivity contribution < 1.29 is 4.74 Å². The quantitative estimate of drug-likeness (QED) is 0.717. The maximum atomic E-state index is 6.14. The molecule has 0 aromatic heterocycles. The van der Waals surface area contributed by atoms with Crippen LogP contribution >= 0.6 is 20.8 Å². The van der Waals surface area contributed by atoms with Crippen LogP contribution in [0.4, 0.5) is 0 Å². The van der Waals surface area contributed by atoms with Gasteiger partial charge in [-0.1, -0.05) is 30.3 Å². The zero-order valence-corrected chi connectivity index (χ0v) is 13.4. The molecule has 0 saturated heterocycles. The zero-order valence-electron chi connectivity index (χ0n) is 11.8. The molecule has 0 heterocycles. The summed E-state index contributed by atoms with van der Waals surface area (Å²) in [5, 5.41) is 1.32. The highest BCUT2D eigenvalue weighted by molar-refractivity contribution is 8.28. The number of benzene rings is 1. The predicted molar refractivity (Wildman–Crippen MR) is 89.5 cm³/mol. The molecule has 0 N–H and O–H groups in total. The number of halogens is 1. The third-order valence-electron chi connectivity index (χ3n) is 4.16. The summed E-state index contributed by atoms with van der Waals surface area (Å²) in [5.74, 6) is 10.7. The van der Waals surface area contributed by atoms with Crippen LogP contribution in [-0.4, -0.2) is 24.1 Å². The van der Waals surface area contributed by atoms with E-state index < -0.39 is 9.21 Å². The van der Waals surface area contributed by atoms with Gasteiger partial charge in [0.2, 0.25) is 0 Å². The Bertz CT molecular complexity index is 540. The first-order chi connectivity index (χ1) is 8.95. The lowest BCUT2D eigenvalue weighted by atomic mass is 9.91. The van der Waals surface area contributed by atoms with E-state index in [1.54, 1.807) is 7.11 Å². The zero-order chi connectivity index (χ0) is 14.0. The number of hydrogen-bond acceptors (Lipinski definition) is 1. The van der Waals surface area contributed by atoms with Crippen molar-refractivity contribution in [1.82, 2.24) is 0 Å². The molecule has 0 radical (unpaired) electrons. The molecule has 3 heteroatoms. The topological polar surface area (TPSA) is 9.23 Å². The van der Waals surface area contributed by atoms with Gasteiger partial charge in [0.15, 0.2) is 0 Å². The first-order valence-electron chi connectivity index (χ1n) is 6.77. The Hall–Kier alpha value is -0.600. The molecule has 1 nitrogen and oxygen atoms in total. The average Bonchev–Trinajstić information content (AvgIpc) is 2.39. The van der Waals surface area contributed by atoms with Crippen molar-refractivity contribution in [2.24, 2.45) is 5.92 Å². The fraction of sp³-hybridized carbons (Fsp3) is 0.500. The molecule has 1 aromatic rings. The molecule has 0 amide bonds. The van der Waals surface area contributed by atoms with Crippen LogP contribution < -0.4 is 4.74 Å². The summed E-state index contributed by atoms with van der Waals surface area (Å²) < 4.78 is 5.48. The second kappa shape index (κ2) is 5.80. The van der Waals surface area contributed by atoms with Crippen molar-refractivity contribution in [3.8, 4) is 5.75 Å². The first kappa shape index (κ1) is 14.8. The summed E-state index contributed by atoms with van der Waals surface area (Å²) in [5.41, 5.74) is 0. The van der Waals surface area contributed by atoms with Crippen LogP contribution in [0.25, 0.3) is 0 Å². The average molecular weight is 299 g/mol. The molecule has 0 spiro atoms. The molecule has 0 bridgehead atoms. The van der Waals surface area contributed by atoms with E-state index in [9.17, 15) is 0 Å². The van der Waals surface area contributed by atoms with Gasteiger partial charge in [0.1, 0.15) is 5.75 Å². The van der Waals surface area contributed by atoms with Gasteiger partial charge in [0.25, 0.3) is 0 Å². The van der Waals surface area contributed by atoms with Crippen LogP contribution in [0.3, 0.4) is 0 Å². The van der Waals surface area contributed by atoms with Crippen molar-refractivity contribution in [2.45, 2.75) is 42.8 Å². The largest absolute Gasteiger partial charge is 0.496 e. The molecule has 106 valence electrons. The van der Waals surface area contributed by atoms with Crippen molar-refractivity contribution in [3.05, 3.63) is 23.2 Å². The minimum Gasteiger partial charge on any atom is -0.496 e. The highest BCUT2D eigenvalue weighted by atomic mass is 35.5. The highest BCUT2D eigenvalue weighted by Crippen LogP contribution is 2.48. The SMILES string of the molecule is C=S(=C)(c1cc(Cl)ccc1OC)C1CCC(C)CC1. The Kier molecular flexibility index (Phi) is 4.52. The summed E-state index contributed by atoms with van der Waals surface area (Å²) in [6.07, 6.45) is 5.01. The van der Waals surface area contributed by atoms with E-state index in [4.69, 9.17) is 16.3 Å². The molecule has 0 unspecified atom stereocenters. The van der Waals surface area contributed by atoms with Crippen LogP contribution in [0.2, 0.25) is 5.02 Å². The molecule has 2 rings (SSSR count). The van der Waals surface area contributed by atoms with Crippen molar-refractivity contribution in [3.63, 3.8) is 0 Å². The molecule has 1 aliphatic carbocycles. The second-order valence-electron chi connectivity index (χ2n) is 5.62. The van der Waals surface area contributed by atoms with Gasteiger partial charge in [-0.15, -0.1) is 0 Å². The van der Waals surface area contributed by atoms with Crippen LogP contribution in [0, 0.1) is 5.92 Å². The molecule has 0 aliphatic heterocycles. The van der Waals surface area contributed by atoms with Gasteiger partial charge in [-0.25, -0.2) is 0 Å². The fourth-order valence-corrected chi connectivity index (χ4v) is 5.51. The molecule has 0 atom stereocenters. The molecule has 1 aromatic carbocycles.